The minimum atomic E-state index is -0.970. The maximum Gasteiger partial charge on any atom is 0.407 e. The lowest BCUT2D eigenvalue weighted by molar-refractivity contribution is -0.118. The number of nitrogens with one attached hydrogen (secondary N) is 3. The van der Waals surface area contributed by atoms with Gasteiger partial charge in [-0.1, -0.05) is 66.2 Å². The van der Waals surface area contributed by atoms with Crippen LogP contribution in [0.1, 0.15) is 29.0 Å². The van der Waals surface area contributed by atoms with Crippen molar-refractivity contribution in [2.24, 2.45) is 0 Å². The van der Waals surface area contributed by atoms with Gasteiger partial charge in [0.1, 0.15) is 6.04 Å². The predicted molar refractivity (Wildman–Crippen MR) is 179 cm³/mol. The number of hydrogen-bond acceptors (Lipinski definition) is 7. The molecule has 4 unspecified atom stereocenters. The molecule has 0 saturated carbocycles. The molecule has 2 amide bonds. The van der Waals surface area contributed by atoms with Crippen molar-refractivity contribution >= 4 is 41.1 Å². The Balaban J connectivity index is 1.27. The molecular formula is C35H37ClN4O4S. The summed E-state index contributed by atoms with van der Waals surface area (Å²) in [5.74, 6) is -0.0257. The summed E-state index contributed by atoms with van der Waals surface area (Å²) >= 11 is 7.77. The lowest BCUT2D eigenvalue weighted by atomic mass is 9.85. The lowest BCUT2D eigenvalue weighted by Crippen LogP contribution is -2.48. The molecule has 4 aromatic rings. The largest absolute Gasteiger partial charge is 0.453 e. The van der Waals surface area contributed by atoms with Crippen LogP contribution in [0.5, 0.6) is 0 Å². The van der Waals surface area contributed by atoms with E-state index in [9.17, 15) is 9.59 Å². The number of halogens is 1. The number of para-hydroxylation sites is 1. The summed E-state index contributed by atoms with van der Waals surface area (Å²) in [6.07, 6.45) is 4.32. The first-order chi connectivity index (χ1) is 22.0. The van der Waals surface area contributed by atoms with E-state index in [1.807, 2.05) is 91.0 Å². The highest BCUT2D eigenvalue weighted by molar-refractivity contribution is 7.99. The van der Waals surface area contributed by atoms with Gasteiger partial charge in [-0.25, -0.2) is 4.79 Å². The zero-order valence-corrected chi connectivity index (χ0v) is 26.6. The van der Waals surface area contributed by atoms with Gasteiger partial charge < -0.3 is 25.4 Å². The Kier molecular flexibility index (Phi) is 11.9. The van der Waals surface area contributed by atoms with E-state index in [1.54, 1.807) is 24.2 Å². The monoisotopic (exact) mass is 644 g/mol. The molecule has 234 valence electrons. The first-order valence-electron chi connectivity index (χ1n) is 14.9. The van der Waals surface area contributed by atoms with Crippen LogP contribution in [0.25, 0.3) is 0 Å². The molecule has 0 aliphatic carbocycles. The molecule has 5 rings (SSSR count). The van der Waals surface area contributed by atoms with Crippen molar-refractivity contribution in [3.8, 4) is 0 Å². The van der Waals surface area contributed by atoms with Crippen LogP contribution < -0.4 is 16.0 Å². The first-order valence-corrected chi connectivity index (χ1v) is 16.3. The molecule has 45 heavy (non-hydrogen) atoms. The zero-order valence-electron chi connectivity index (χ0n) is 25.0. The van der Waals surface area contributed by atoms with Crippen LogP contribution in [0, 0.1) is 0 Å². The van der Waals surface area contributed by atoms with Gasteiger partial charge in [0.05, 0.1) is 19.3 Å². The number of rotatable bonds is 12. The van der Waals surface area contributed by atoms with E-state index in [0.717, 1.165) is 51.9 Å². The van der Waals surface area contributed by atoms with Crippen LogP contribution in [0.2, 0.25) is 5.02 Å². The molecule has 0 spiro atoms. The Hall–Kier alpha value is -3.89. The maximum atomic E-state index is 14.0. The average molecular weight is 645 g/mol. The molecule has 4 atom stereocenters. The number of ether oxygens (including phenoxy) is 2. The number of methoxy groups -OCH3 is 1. The summed E-state index contributed by atoms with van der Waals surface area (Å²) in [7, 11) is 1.28. The van der Waals surface area contributed by atoms with Gasteiger partial charge in [-0.2, -0.15) is 0 Å². The van der Waals surface area contributed by atoms with Crippen molar-refractivity contribution in [2.75, 3.05) is 31.3 Å². The highest BCUT2D eigenvalue weighted by Crippen LogP contribution is 2.30. The second-order valence-electron chi connectivity index (χ2n) is 10.8. The topological polar surface area (TPSA) is 102 Å². The molecule has 1 aliphatic heterocycles. The number of aromatic nitrogens is 1. The number of thioether (sulfide) groups is 1. The summed E-state index contributed by atoms with van der Waals surface area (Å²) in [6.45, 7) is 1.57. The highest BCUT2D eigenvalue weighted by atomic mass is 35.5. The van der Waals surface area contributed by atoms with Gasteiger partial charge in [0.15, 0.2) is 0 Å². The van der Waals surface area contributed by atoms with Crippen LogP contribution in [0.15, 0.2) is 108 Å². The first kappa shape index (κ1) is 32.5. The molecule has 3 aromatic carbocycles. The molecule has 1 aromatic heterocycles. The number of nitrogens with zero attached hydrogens (tertiary/aromatic N) is 1. The molecule has 1 fully saturated rings. The van der Waals surface area contributed by atoms with Gasteiger partial charge in [0, 0.05) is 52.8 Å². The number of alkyl carbamates (subject to hydrolysis) is 1. The smallest absolute Gasteiger partial charge is 0.407 e. The third-order valence-corrected chi connectivity index (χ3v) is 9.06. The lowest BCUT2D eigenvalue weighted by Gasteiger charge is -2.31. The molecule has 1 aliphatic rings. The van der Waals surface area contributed by atoms with E-state index in [0.29, 0.717) is 12.1 Å². The Labute approximate surface area is 273 Å². The number of pyridine rings is 1. The van der Waals surface area contributed by atoms with Crippen LogP contribution in [0.4, 0.5) is 10.5 Å². The van der Waals surface area contributed by atoms with Crippen LogP contribution in [-0.4, -0.2) is 61.2 Å². The molecule has 0 radical (unpaired) electrons. The predicted octanol–water partition coefficient (Wildman–Crippen LogP) is 6.31. The average Bonchev–Trinajstić information content (AvgIpc) is 3.08. The van der Waals surface area contributed by atoms with Gasteiger partial charge in [-0.15, -0.1) is 11.8 Å². The van der Waals surface area contributed by atoms with E-state index in [2.05, 4.69) is 20.9 Å². The second-order valence-corrected chi connectivity index (χ2v) is 12.3. The Morgan fingerprint density at radius 2 is 1.71 bits per heavy atom. The molecule has 1 saturated heterocycles. The molecule has 10 heteroatoms. The normalized spacial score (nSPS) is 17.6. The van der Waals surface area contributed by atoms with E-state index >= 15 is 0 Å². The number of morpholine rings is 1. The Bertz CT molecular complexity index is 1490. The number of hydrogen-bond donors (Lipinski definition) is 3. The van der Waals surface area contributed by atoms with E-state index in [4.69, 9.17) is 21.1 Å². The standard InChI is InChI=1S/C35H37ClN4O4S/c1-43-35(42)40-33(32(25-9-3-2-4-10-25)26-11-7-19-37-20-26)34(41)39-31-12-6-5-8-24(31)13-16-28-21-38-22-29(44-28)23-45-30-17-14-27(36)15-18-30/h2-12,14-15,17-20,28-29,32-33,38H,13,16,21-23H2,1H3,(H,39,41)(H,40,42). The minimum Gasteiger partial charge on any atom is -0.453 e. The molecule has 0 bridgehead atoms. The van der Waals surface area contributed by atoms with Crippen molar-refractivity contribution < 1.29 is 19.1 Å². The summed E-state index contributed by atoms with van der Waals surface area (Å²) in [5, 5.41) is 10.1. The Morgan fingerprint density at radius 3 is 2.47 bits per heavy atom. The van der Waals surface area contributed by atoms with Gasteiger partial charge in [-0.05, 0) is 65.9 Å². The summed E-state index contributed by atoms with van der Waals surface area (Å²) in [4.78, 5) is 32.0. The van der Waals surface area contributed by atoms with Gasteiger partial charge in [0.25, 0.3) is 0 Å². The number of amides is 2. The maximum absolute atomic E-state index is 14.0. The number of carbonyl (C=O) groups excluding carboxylic acids is 2. The quantitative estimate of drug-likeness (QED) is 0.155. The van der Waals surface area contributed by atoms with Crippen LogP contribution >= 0.6 is 23.4 Å². The van der Waals surface area contributed by atoms with Crippen molar-refractivity contribution in [1.82, 2.24) is 15.6 Å². The molecular weight excluding hydrogens is 608 g/mol. The summed E-state index contributed by atoms with van der Waals surface area (Å²) in [6, 6.07) is 27.9. The second kappa shape index (κ2) is 16.4. The third kappa shape index (κ3) is 9.31. The minimum absolute atomic E-state index is 0.0418. The van der Waals surface area contributed by atoms with Crippen LogP contribution in [0.3, 0.4) is 0 Å². The molecule has 2 heterocycles. The van der Waals surface area contributed by atoms with Gasteiger partial charge in [0.2, 0.25) is 5.91 Å². The number of anilines is 1. The van der Waals surface area contributed by atoms with Crippen molar-refractivity contribution in [1.29, 1.82) is 0 Å². The van der Waals surface area contributed by atoms with Crippen molar-refractivity contribution in [3.63, 3.8) is 0 Å². The SMILES string of the molecule is COC(=O)NC(C(=O)Nc1ccccc1CCC1CNCC(CSc2ccc(Cl)cc2)O1)C(c1ccccc1)c1cccnc1. The highest BCUT2D eigenvalue weighted by Gasteiger charge is 2.33. The Morgan fingerprint density at radius 1 is 0.978 bits per heavy atom. The summed E-state index contributed by atoms with van der Waals surface area (Å²) < 4.78 is 11.4. The van der Waals surface area contributed by atoms with E-state index in [-0.39, 0.29) is 18.1 Å². The van der Waals surface area contributed by atoms with E-state index < -0.39 is 18.1 Å². The van der Waals surface area contributed by atoms with E-state index in [1.165, 1.54) is 7.11 Å². The van der Waals surface area contributed by atoms with Gasteiger partial charge >= 0.3 is 6.09 Å². The third-order valence-electron chi connectivity index (χ3n) is 7.67. The fraction of sp³-hybridized carbons (Fsp3) is 0.286. The van der Waals surface area contributed by atoms with Gasteiger partial charge in [-0.3, -0.25) is 9.78 Å². The summed E-state index contributed by atoms with van der Waals surface area (Å²) in [5.41, 5.74) is 3.33. The fourth-order valence-corrected chi connectivity index (χ4v) is 6.46. The number of carbonyl (C=O) groups is 2. The number of aryl methyl sites for hydroxylation is 1. The zero-order chi connectivity index (χ0) is 31.4. The number of benzene rings is 3. The van der Waals surface area contributed by atoms with Crippen LogP contribution in [-0.2, 0) is 20.7 Å². The van der Waals surface area contributed by atoms with Crippen molar-refractivity contribution in [2.45, 2.75) is 41.9 Å². The molecule has 8 nitrogen and oxygen atoms in total. The molecule has 3 N–H and O–H groups in total. The fourth-order valence-electron chi connectivity index (χ4n) is 5.43. The van der Waals surface area contributed by atoms with Crippen molar-refractivity contribution in [3.05, 3.63) is 125 Å².